The molecule has 0 aliphatic carbocycles. The van der Waals surface area contributed by atoms with Crippen molar-refractivity contribution in [1.29, 1.82) is 0 Å². The largest absolute Gasteiger partial charge is 0.371 e. The summed E-state index contributed by atoms with van der Waals surface area (Å²) in [5.74, 6) is 1.51. The number of ether oxygens (including phenoxy) is 1. The molecule has 1 rings (SSSR count). The van der Waals surface area contributed by atoms with Crippen LogP contribution in [0.3, 0.4) is 0 Å². The molecule has 0 radical (unpaired) electrons. The standard InChI is InChI=1S/C10H19N3O/c1-8(2)5-13-7-11-12-10(13)6-14-9(3)4/h7-9H,5-6H2,1-4H3. The molecule has 0 saturated carbocycles. The Bertz CT molecular complexity index is 268. The third-order valence-corrected chi connectivity index (χ3v) is 1.80. The molecule has 14 heavy (non-hydrogen) atoms. The van der Waals surface area contributed by atoms with Crippen molar-refractivity contribution < 1.29 is 4.74 Å². The Labute approximate surface area is 85.3 Å². The van der Waals surface area contributed by atoms with Crippen molar-refractivity contribution in [2.45, 2.75) is 47.0 Å². The van der Waals surface area contributed by atoms with E-state index in [9.17, 15) is 0 Å². The van der Waals surface area contributed by atoms with Crippen LogP contribution in [0.4, 0.5) is 0 Å². The summed E-state index contributed by atoms with van der Waals surface area (Å²) in [6.45, 7) is 9.88. The van der Waals surface area contributed by atoms with Gasteiger partial charge in [0.1, 0.15) is 12.9 Å². The average Bonchev–Trinajstić information content (AvgIpc) is 2.47. The number of rotatable bonds is 5. The van der Waals surface area contributed by atoms with Gasteiger partial charge >= 0.3 is 0 Å². The molecule has 0 aromatic carbocycles. The van der Waals surface area contributed by atoms with Crippen LogP contribution in [-0.2, 0) is 17.9 Å². The van der Waals surface area contributed by atoms with E-state index in [1.54, 1.807) is 6.33 Å². The normalized spacial score (nSPS) is 11.6. The van der Waals surface area contributed by atoms with Crippen molar-refractivity contribution in [3.63, 3.8) is 0 Å². The molecule has 80 valence electrons. The fraction of sp³-hybridized carbons (Fsp3) is 0.800. The van der Waals surface area contributed by atoms with E-state index in [2.05, 4.69) is 24.0 Å². The fourth-order valence-corrected chi connectivity index (χ4v) is 1.18. The predicted octanol–water partition coefficient (Wildman–Crippen LogP) is 1.86. The summed E-state index contributed by atoms with van der Waals surface area (Å²) in [6, 6.07) is 0. The van der Waals surface area contributed by atoms with Gasteiger partial charge < -0.3 is 9.30 Å². The number of hydrogen-bond donors (Lipinski definition) is 0. The zero-order valence-electron chi connectivity index (χ0n) is 9.40. The molecular weight excluding hydrogens is 178 g/mol. The van der Waals surface area contributed by atoms with Crippen LogP contribution in [0.25, 0.3) is 0 Å². The molecule has 0 aliphatic heterocycles. The van der Waals surface area contributed by atoms with Gasteiger partial charge in [-0.25, -0.2) is 0 Å². The van der Waals surface area contributed by atoms with Crippen LogP contribution in [0, 0.1) is 5.92 Å². The lowest BCUT2D eigenvalue weighted by molar-refractivity contribution is 0.0590. The molecule has 0 atom stereocenters. The van der Waals surface area contributed by atoms with Crippen LogP contribution in [0.1, 0.15) is 33.5 Å². The second-order valence-corrected chi connectivity index (χ2v) is 4.15. The van der Waals surface area contributed by atoms with Gasteiger partial charge in [0.15, 0.2) is 5.82 Å². The first-order chi connectivity index (χ1) is 6.59. The zero-order chi connectivity index (χ0) is 10.6. The van der Waals surface area contributed by atoms with Crippen molar-refractivity contribution >= 4 is 0 Å². The fourth-order valence-electron chi connectivity index (χ4n) is 1.18. The maximum Gasteiger partial charge on any atom is 0.158 e. The second-order valence-electron chi connectivity index (χ2n) is 4.15. The Morgan fingerprint density at radius 2 is 2.07 bits per heavy atom. The van der Waals surface area contributed by atoms with Crippen LogP contribution in [0.2, 0.25) is 0 Å². The highest BCUT2D eigenvalue weighted by Crippen LogP contribution is 2.04. The van der Waals surface area contributed by atoms with Crippen molar-refractivity contribution in [3.8, 4) is 0 Å². The number of nitrogens with zero attached hydrogens (tertiary/aromatic N) is 3. The minimum atomic E-state index is 0.235. The molecular formula is C10H19N3O. The van der Waals surface area contributed by atoms with E-state index in [4.69, 9.17) is 4.74 Å². The minimum Gasteiger partial charge on any atom is -0.371 e. The summed E-state index contributed by atoms with van der Waals surface area (Å²) in [7, 11) is 0. The summed E-state index contributed by atoms with van der Waals surface area (Å²) >= 11 is 0. The lowest BCUT2D eigenvalue weighted by Crippen LogP contribution is -2.11. The Morgan fingerprint density at radius 1 is 1.36 bits per heavy atom. The smallest absolute Gasteiger partial charge is 0.158 e. The maximum atomic E-state index is 5.49. The minimum absolute atomic E-state index is 0.235. The van der Waals surface area contributed by atoms with Crippen molar-refractivity contribution in [2.75, 3.05) is 0 Å². The highest BCUT2D eigenvalue weighted by molar-refractivity contribution is 4.83. The van der Waals surface area contributed by atoms with Gasteiger partial charge in [0.2, 0.25) is 0 Å². The quantitative estimate of drug-likeness (QED) is 0.723. The van der Waals surface area contributed by atoms with Gasteiger partial charge in [-0.3, -0.25) is 0 Å². The maximum absolute atomic E-state index is 5.49. The zero-order valence-corrected chi connectivity index (χ0v) is 9.40. The average molecular weight is 197 g/mol. The SMILES string of the molecule is CC(C)Cn1cnnc1COC(C)C. The van der Waals surface area contributed by atoms with Crippen LogP contribution < -0.4 is 0 Å². The van der Waals surface area contributed by atoms with Crippen LogP contribution in [0.5, 0.6) is 0 Å². The van der Waals surface area contributed by atoms with E-state index in [0.29, 0.717) is 12.5 Å². The van der Waals surface area contributed by atoms with Gasteiger partial charge in [0.25, 0.3) is 0 Å². The first kappa shape index (κ1) is 11.2. The lowest BCUT2D eigenvalue weighted by atomic mass is 10.2. The molecule has 1 aromatic heterocycles. The van der Waals surface area contributed by atoms with E-state index in [1.165, 1.54) is 0 Å². The molecule has 0 spiro atoms. The van der Waals surface area contributed by atoms with E-state index >= 15 is 0 Å². The van der Waals surface area contributed by atoms with Crippen molar-refractivity contribution in [1.82, 2.24) is 14.8 Å². The van der Waals surface area contributed by atoms with Gasteiger partial charge in [-0.1, -0.05) is 13.8 Å². The second kappa shape index (κ2) is 5.10. The molecule has 4 heteroatoms. The monoisotopic (exact) mass is 197 g/mol. The Morgan fingerprint density at radius 3 is 2.64 bits per heavy atom. The first-order valence-electron chi connectivity index (χ1n) is 5.08. The topological polar surface area (TPSA) is 39.9 Å². The highest BCUT2D eigenvalue weighted by Gasteiger charge is 2.06. The van der Waals surface area contributed by atoms with Crippen LogP contribution in [0.15, 0.2) is 6.33 Å². The predicted molar refractivity (Wildman–Crippen MR) is 54.8 cm³/mol. The molecule has 0 amide bonds. The summed E-state index contributed by atoms with van der Waals surface area (Å²) in [5.41, 5.74) is 0. The van der Waals surface area contributed by atoms with Crippen LogP contribution >= 0.6 is 0 Å². The van der Waals surface area contributed by atoms with E-state index in [1.807, 2.05) is 18.4 Å². The van der Waals surface area contributed by atoms with Gasteiger partial charge in [-0.2, -0.15) is 0 Å². The first-order valence-corrected chi connectivity index (χ1v) is 5.08. The van der Waals surface area contributed by atoms with Crippen LogP contribution in [-0.4, -0.2) is 20.9 Å². The van der Waals surface area contributed by atoms with E-state index < -0.39 is 0 Å². The molecule has 0 bridgehead atoms. The van der Waals surface area contributed by atoms with Gasteiger partial charge in [-0.05, 0) is 19.8 Å². The third kappa shape index (κ3) is 3.46. The molecule has 0 aliphatic rings. The van der Waals surface area contributed by atoms with E-state index in [-0.39, 0.29) is 6.10 Å². The van der Waals surface area contributed by atoms with Gasteiger partial charge in [0.05, 0.1) is 6.10 Å². The number of aromatic nitrogens is 3. The van der Waals surface area contributed by atoms with Crippen molar-refractivity contribution in [2.24, 2.45) is 5.92 Å². The third-order valence-electron chi connectivity index (χ3n) is 1.80. The summed E-state index contributed by atoms with van der Waals surface area (Å²) < 4.78 is 7.53. The molecule has 4 nitrogen and oxygen atoms in total. The lowest BCUT2D eigenvalue weighted by Gasteiger charge is -2.10. The Hall–Kier alpha value is -0.900. The molecule has 0 fully saturated rings. The molecule has 1 aromatic rings. The molecule has 1 heterocycles. The molecule has 0 N–H and O–H groups in total. The Kier molecular flexibility index (Phi) is 4.07. The Balaban J connectivity index is 2.53. The number of hydrogen-bond acceptors (Lipinski definition) is 3. The summed E-state index contributed by atoms with van der Waals surface area (Å²) in [4.78, 5) is 0. The molecule has 0 saturated heterocycles. The van der Waals surface area contributed by atoms with Gasteiger partial charge in [0, 0.05) is 6.54 Å². The van der Waals surface area contributed by atoms with Crippen molar-refractivity contribution in [3.05, 3.63) is 12.2 Å². The molecule has 0 unspecified atom stereocenters. The summed E-state index contributed by atoms with van der Waals surface area (Å²) in [5, 5.41) is 7.92. The van der Waals surface area contributed by atoms with Gasteiger partial charge in [-0.15, -0.1) is 10.2 Å². The van der Waals surface area contributed by atoms with E-state index in [0.717, 1.165) is 12.4 Å². The highest BCUT2D eigenvalue weighted by atomic mass is 16.5. The summed E-state index contributed by atoms with van der Waals surface area (Å²) in [6.07, 6.45) is 2.00.